The van der Waals surface area contributed by atoms with Gasteiger partial charge in [-0.1, -0.05) is 116 Å². The number of aliphatic hydroxyl groups excluding tert-OH is 1. The third kappa shape index (κ3) is 21.3. The van der Waals surface area contributed by atoms with Crippen LogP contribution in [0.2, 0.25) is 0 Å². The summed E-state index contributed by atoms with van der Waals surface area (Å²) < 4.78 is 0. The minimum atomic E-state index is -1.61. The van der Waals surface area contributed by atoms with E-state index in [9.17, 15) is 48.3 Å². The molecule has 1 aliphatic rings. The smallest absolute Gasteiger partial charge is 0.246 e. The standard InChI is InChI=1S/C63H113N11O12/c1-25-28-29-41(15)53(76)52-57(80)66-44(27-3)59(82)68(18)34-48(75)72(22)51(40(14)26-2)56(79)67-49(38(10)11)62(85)69(19)45(31-30-35(4)5)55(78)64-42(16)54(77)65-43(17)58(81)70(20)46(32-36(6)7)60(83)71(21)47(33-37(8)9)61(84)73(23)50(39(12)13)63(86)74(52)24/h25,28,35-47,49-53,76H,26-27,29-34H2,1-24H3,(H,64,78)(H,65,77)(H,66,80)(H,67,79)/b28-25+/t40?,41-,42-,43+,44+,45-,46-,47+,49-,50+,51+,52+,53-/m1/s1. The maximum Gasteiger partial charge on any atom is 0.246 e. The third-order valence-electron chi connectivity index (χ3n) is 16.8. The van der Waals surface area contributed by atoms with E-state index in [4.69, 9.17) is 0 Å². The van der Waals surface area contributed by atoms with Crippen LogP contribution in [0.1, 0.15) is 163 Å². The number of carbonyl (C=O) groups is 11. The van der Waals surface area contributed by atoms with Gasteiger partial charge in [0, 0.05) is 49.3 Å². The molecule has 11 amide bonds. The lowest BCUT2D eigenvalue weighted by atomic mass is 9.91. The zero-order valence-corrected chi connectivity index (χ0v) is 56.8. The summed E-state index contributed by atoms with van der Waals surface area (Å²) in [4.78, 5) is 169. The highest BCUT2D eigenvalue weighted by Crippen LogP contribution is 2.26. The van der Waals surface area contributed by atoms with Gasteiger partial charge in [-0.3, -0.25) is 52.7 Å². The maximum atomic E-state index is 15.1. The number of allylic oxidation sites excluding steroid dienone is 2. The van der Waals surface area contributed by atoms with Crippen LogP contribution in [0.3, 0.4) is 0 Å². The molecule has 0 saturated carbocycles. The van der Waals surface area contributed by atoms with Gasteiger partial charge in [-0.15, -0.1) is 0 Å². The molecule has 5 N–H and O–H groups in total. The van der Waals surface area contributed by atoms with Crippen LogP contribution >= 0.6 is 0 Å². The highest BCUT2D eigenvalue weighted by molar-refractivity contribution is 5.99. The molecule has 13 atom stereocenters. The molecule has 0 bridgehead atoms. The molecule has 1 aliphatic heterocycles. The van der Waals surface area contributed by atoms with E-state index in [-0.39, 0.29) is 43.4 Å². The monoisotopic (exact) mass is 1220 g/mol. The van der Waals surface area contributed by atoms with Gasteiger partial charge in [0.15, 0.2) is 0 Å². The molecule has 1 unspecified atom stereocenters. The predicted octanol–water partition coefficient (Wildman–Crippen LogP) is 3.66. The first-order valence-electron chi connectivity index (χ1n) is 31.1. The Bertz CT molecular complexity index is 2350. The van der Waals surface area contributed by atoms with Gasteiger partial charge in [0.2, 0.25) is 65.0 Å². The van der Waals surface area contributed by atoms with E-state index >= 15 is 9.59 Å². The van der Waals surface area contributed by atoms with Crippen molar-refractivity contribution in [2.75, 3.05) is 55.9 Å². The van der Waals surface area contributed by atoms with Gasteiger partial charge < -0.3 is 60.7 Å². The van der Waals surface area contributed by atoms with Gasteiger partial charge in [0.25, 0.3) is 0 Å². The van der Waals surface area contributed by atoms with E-state index in [1.807, 2.05) is 54.5 Å². The summed E-state index contributed by atoms with van der Waals surface area (Å²) in [6.07, 6.45) is 3.84. The summed E-state index contributed by atoms with van der Waals surface area (Å²) in [5.74, 6) is -9.77. The Hall–Kier alpha value is -6.13. The number of likely N-dealkylation sites (N-methyl/N-ethyl adjacent to an activating group) is 7. The first-order chi connectivity index (χ1) is 39.8. The Morgan fingerprint density at radius 2 is 0.977 bits per heavy atom. The van der Waals surface area contributed by atoms with Crippen LogP contribution in [0, 0.1) is 41.4 Å². The largest absolute Gasteiger partial charge is 0.390 e. The molecule has 0 aromatic heterocycles. The molecule has 1 rings (SSSR count). The average molecular weight is 1220 g/mol. The normalized spacial score (nSPS) is 27.0. The fourth-order valence-corrected chi connectivity index (χ4v) is 10.9. The number of rotatable bonds is 16. The first-order valence-corrected chi connectivity index (χ1v) is 31.1. The van der Waals surface area contributed by atoms with Crippen molar-refractivity contribution in [3.05, 3.63) is 12.2 Å². The van der Waals surface area contributed by atoms with Crippen molar-refractivity contribution in [2.45, 2.75) is 229 Å². The van der Waals surface area contributed by atoms with Crippen molar-refractivity contribution in [3.8, 4) is 0 Å². The van der Waals surface area contributed by atoms with Crippen molar-refractivity contribution in [3.63, 3.8) is 0 Å². The molecular formula is C63H113N11O12. The van der Waals surface area contributed by atoms with Crippen LogP contribution < -0.4 is 21.3 Å². The Kier molecular flexibility index (Phi) is 32.3. The van der Waals surface area contributed by atoms with Crippen molar-refractivity contribution in [2.24, 2.45) is 41.4 Å². The summed E-state index contributed by atoms with van der Waals surface area (Å²) in [5.41, 5.74) is 0. The molecule has 0 aromatic carbocycles. The Morgan fingerprint density at radius 1 is 0.500 bits per heavy atom. The van der Waals surface area contributed by atoms with Crippen molar-refractivity contribution in [1.82, 2.24) is 55.6 Å². The van der Waals surface area contributed by atoms with Gasteiger partial charge in [-0.2, -0.15) is 0 Å². The Morgan fingerprint density at radius 3 is 1.44 bits per heavy atom. The Balaban J connectivity index is 4.34. The molecule has 1 fully saturated rings. The van der Waals surface area contributed by atoms with E-state index in [0.29, 0.717) is 19.3 Å². The molecule has 0 spiro atoms. The number of carbonyl (C=O) groups excluding carboxylic acids is 11. The lowest BCUT2D eigenvalue weighted by Gasteiger charge is -2.41. The summed E-state index contributed by atoms with van der Waals surface area (Å²) in [6, 6.07) is -12.3. The maximum absolute atomic E-state index is 15.1. The van der Waals surface area contributed by atoms with Crippen LogP contribution in [0.4, 0.5) is 0 Å². The van der Waals surface area contributed by atoms with E-state index in [2.05, 4.69) is 21.3 Å². The minimum Gasteiger partial charge on any atom is -0.390 e. The quantitative estimate of drug-likeness (QED) is 0.139. The second-order valence-corrected chi connectivity index (χ2v) is 26.1. The first kappa shape index (κ1) is 77.9. The summed E-state index contributed by atoms with van der Waals surface area (Å²) in [7, 11) is 9.95. The van der Waals surface area contributed by atoms with Gasteiger partial charge in [-0.05, 0) is 101 Å². The van der Waals surface area contributed by atoms with Crippen molar-refractivity contribution in [1.29, 1.82) is 0 Å². The number of hydrogen-bond donors (Lipinski definition) is 5. The SMILES string of the molecule is C/C=C/C[C@@H](C)[C@@H](O)[C@H]1C(=O)N[C@@H](CC)C(=O)N(C)CC(=O)N(C)[C@@H](C(C)CC)C(=O)N[C@H](C(C)C)C(=O)N(C)[C@H](CCC(C)C)C(=O)N[C@H](C)C(=O)N[C@@H](C)C(=O)N(C)[C@H](CC(C)C)C(=O)N(C)[C@@H](CC(C)C)C(=O)N(C)[C@@H](C(C)C)C(=O)N1C. The molecule has 0 aromatic rings. The topological polar surface area (TPSA) is 279 Å². The molecule has 0 aliphatic carbocycles. The number of nitrogens with one attached hydrogen (secondary N) is 4. The number of aliphatic hydroxyl groups is 1. The highest BCUT2D eigenvalue weighted by Gasteiger charge is 2.46. The summed E-state index contributed by atoms with van der Waals surface area (Å²) in [5, 5.41) is 23.1. The minimum absolute atomic E-state index is 0.0227. The molecule has 23 heteroatoms. The Labute approximate surface area is 515 Å². The van der Waals surface area contributed by atoms with Crippen LogP contribution in [0.15, 0.2) is 12.2 Å². The third-order valence-corrected chi connectivity index (χ3v) is 16.8. The molecule has 86 heavy (non-hydrogen) atoms. The van der Waals surface area contributed by atoms with Gasteiger partial charge in [0.05, 0.1) is 12.6 Å². The lowest BCUT2D eigenvalue weighted by molar-refractivity contribution is -0.157. The van der Waals surface area contributed by atoms with Crippen LogP contribution in [-0.4, -0.2) is 227 Å². The molecule has 492 valence electrons. The number of nitrogens with zero attached hydrogens (tertiary/aromatic N) is 7. The predicted molar refractivity (Wildman–Crippen MR) is 333 cm³/mol. The second kappa shape index (κ2) is 35.6. The van der Waals surface area contributed by atoms with Gasteiger partial charge in [-0.25, -0.2) is 0 Å². The van der Waals surface area contributed by atoms with Crippen LogP contribution in [0.25, 0.3) is 0 Å². The van der Waals surface area contributed by atoms with Crippen LogP contribution in [0.5, 0.6) is 0 Å². The summed E-state index contributed by atoms with van der Waals surface area (Å²) >= 11 is 0. The molecule has 1 heterocycles. The van der Waals surface area contributed by atoms with Crippen molar-refractivity contribution < 1.29 is 57.8 Å². The van der Waals surface area contributed by atoms with E-state index in [0.717, 1.165) is 9.80 Å². The zero-order chi connectivity index (χ0) is 66.7. The molecule has 0 radical (unpaired) electrons. The average Bonchev–Trinajstić information content (AvgIpc) is 1.18. The number of hydrogen-bond acceptors (Lipinski definition) is 12. The summed E-state index contributed by atoms with van der Waals surface area (Å²) in [6.45, 7) is 29.5. The van der Waals surface area contributed by atoms with Crippen LogP contribution in [-0.2, 0) is 52.7 Å². The van der Waals surface area contributed by atoms with E-state index < -0.39 is 162 Å². The molecular weight excluding hydrogens is 1100 g/mol. The van der Waals surface area contributed by atoms with Crippen molar-refractivity contribution >= 4 is 65.0 Å². The van der Waals surface area contributed by atoms with Gasteiger partial charge >= 0.3 is 0 Å². The lowest BCUT2D eigenvalue weighted by Crippen LogP contribution is -2.63. The van der Waals surface area contributed by atoms with Gasteiger partial charge in [0.1, 0.15) is 60.4 Å². The van der Waals surface area contributed by atoms with E-state index in [1.54, 1.807) is 61.5 Å². The zero-order valence-electron chi connectivity index (χ0n) is 56.8. The fraction of sp³-hybridized carbons (Fsp3) is 0.794. The molecule has 23 nitrogen and oxygen atoms in total. The molecule has 1 saturated heterocycles. The highest BCUT2D eigenvalue weighted by atomic mass is 16.3. The second-order valence-electron chi connectivity index (χ2n) is 26.1. The number of amides is 11. The fourth-order valence-electron chi connectivity index (χ4n) is 10.9. The van der Waals surface area contributed by atoms with E-state index in [1.165, 1.54) is 87.7 Å².